The number of pyridine rings is 3. The van der Waals surface area contributed by atoms with Crippen LogP contribution in [0.25, 0.3) is 11.5 Å². The Kier molecular flexibility index (Phi) is 6.68. The zero-order valence-electron chi connectivity index (χ0n) is 19.4. The fourth-order valence-electron chi connectivity index (χ4n) is 3.43. The molecule has 0 atom stereocenters. The standard InChI is InChI=1S/C24H22Cl2FN5O3/c1-13-10-29-21(31-6-5-20(30-31)24(3,4)34)9-18(13)32-14(2)7-19(22(26)23(32)33)35-12-17-16(25)8-15(27)11-28-17/h5-11,34H,12H2,1-4H3. The number of halogens is 3. The maximum atomic E-state index is 13.3. The normalized spacial score (nSPS) is 11.7. The van der Waals surface area contributed by atoms with E-state index < -0.39 is 17.0 Å². The van der Waals surface area contributed by atoms with Gasteiger partial charge in [0, 0.05) is 30.2 Å². The first-order chi connectivity index (χ1) is 16.5. The van der Waals surface area contributed by atoms with Crippen LogP contribution < -0.4 is 10.3 Å². The smallest absolute Gasteiger partial charge is 0.277 e. The summed E-state index contributed by atoms with van der Waals surface area (Å²) in [6.45, 7) is 6.75. The summed E-state index contributed by atoms with van der Waals surface area (Å²) in [4.78, 5) is 21.6. The minimum absolute atomic E-state index is 0.0942. The van der Waals surface area contributed by atoms with Crippen molar-refractivity contribution >= 4 is 23.2 Å². The molecule has 0 aliphatic heterocycles. The highest BCUT2D eigenvalue weighted by Gasteiger charge is 2.21. The van der Waals surface area contributed by atoms with Crippen molar-refractivity contribution in [3.63, 3.8) is 0 Å². The first kappa shape index (κ1) is 24.8. The number of aliphatic hydroxyl groups is 1. The Morgan fingerprint density at radius 1 is 1.14 bits per heavy atom. The molecule has 4 aromatic heterocycles. The van der Waals surface area contributed by atoms with E-state index in [1.54, 1.807) is 51.4 Å². The molecule has 0 spiro atoms. The van der Waals surface area contributed by atoms with Crippen molar-refractivity contribution in [1.82, 2.24) is 24.3 Å². The first-order valence-electron chi connectivity index (χ1n) is 10.6. The van der Waals surface area contributed by atoms with Gasteiger partial charge < -0.3 is 9.84 Å². The molecule has 0 bridgehead atoms. The second kappa shape index (κ2) is 9.41. The quantitative estimate of drug-likeness (QED) is 0.398. The van der Waals surface area contributed by atoms with Crippen LogP contribution in [0.2, 0.25) is 10.0 Å². The molecule has 0 unspecified atom stereocenters. The van der Waals surface area contributed by atoms with Crippen molar-refractivity contribution in [2.45, 2.75) is 39.9 Å². The summed E-state index contributed by atoms with van der Waals surface area (Å²) < 4.78 is 21.9. The van der Waals surface area contributed by atoms with Gasteiger partial charge in [-0.25, -0.2) is 14.1 Å². The van der Waals surface area contributed by atoms with Crippen LogP contribution in [-0.4, -0.2) is 29.4 Å². The zero-order chi connectivity index (χ0) is 25.5. The molecule has 4 heterocycles. The van der Waals surface area contributed by atoms with Gasteiger partial charge in [0.05, 0.1) is 28.3 Å². The highest BCUT2D eigenvalue weighted by atomic mass is 35.5. The van der Waals surface area contributed by atoms with E-state index in [1.807, 2.05) is 6.92 Å². The lowest BCUT2D eigenvalue weighted by molar-refractivity contribution is 0.0734. The van der Waals surface area contributed by atoms with Gasteiger partial charge in [0.2, 0.25) is 0 Å². The Morgan fingerprint density at radius 2 is 1.89 bits per heavy atom. The Labute approximate surface area is 210 Å². The summed E-state index contributed by atoms with van der Waals surface area (Å²) in [6, 6.07) is 6.17. The van der Waals surface area contributed by atoms with Crippen LogP contribution in [0.15, 0.2) is 47.7 Å². The maximum Gasteiger partial charge on any atom is 0.277 e. The molecular weight excluding hydrogens is 496 g/mol. The van der Waals surface area contributed by atoms with Crippen LogP contribution in [-0.2, 0) is 12.2 Å². The third-order valence-corrected chi connectivity index (χ3v) is 5.98. The molecule has 4 rings (SSSR count). The van der Waals surface area contributed by atoms with Crippen molar-refractivity contribution in [3.05, 3.63) is 91.7 Å². The van der Waals surface area contributed by atoms with Crippen molar-refractivity contribution < 1.29 is 14.2 Å². The molecule has 35 heavy (non-hydrogen) atoms. The SMILES string of the molecule is Cc1cnc(-n2ccc(C(C)(C)O)n2)cc1-n1c(C)cc(OCc2ncc(F)cc2Cl)c(Cl)c1=O. The minimum Gasteiger partial charge on any atom is -0.485 e. The molecule has 0 amide bonds. The van der Waals surface area contributed by atoms with E-state index in [4.69, 9.17) is 27.9 Å². The molecule has 8 nitrogen and oxygen atoms in total. The van der Waals surface area contributed by atoms with E-state index in [9.17, 15) is 14.3 Å². The molecule has 182 valence electrons. The summed E-state index contributed by atoms with van der Waals surface area (Å²) in [5.41, 5.74) is 1.06. The van der Waals surface area contributed by atoms with Gasteiger partial charge in [-0.3, -0.25) is 14.3 Å². The maximum absolute atomic E-state index is 13.3. The van der Waals surface area contributed by atoms with Crippen LogP contribution in [0.1, 0.15) is 36.5 Å². The van der Waals surface area contributed by atoms with Gasteiger partial charge in [0.1, 0.15) is 28.8 Å². The summed E-state index contributed by atoms with van der Waals surface area (Å²) in [7, 11) is 0. The predicted molar refractivity (Wildman–Crippen MR) is 130 cm³/mol. The third-order valence-electron chi connectivity index (χ3n) is 5.30. The van der Waals surface area contributed by atoms with Crippen LogP contribution in [0, 0.1) is 19.7 Å². The van der Waals surface area contributed by atoms with Crippen molar-refractivity contribution in [3.8, 4) is 17.3 Å². The van der Waals surface area contributed by atoms with Gasteiger partial charge in [-0.05, 0) is 45.4 Å². The predicted octanol–water partition coefficient (Wildman–Crippen LogP) is 4.68. The van der Waals surface area contributed by atoms with Gasteiger partial charge in [-0.1, -0.05) is 23.2 Å². The number of ether oxygens (including phenoxy) is 1. The largest absolute Gasteiger partial charge is 0.485 e. The second-order valence-electron chi connectivity index (χ2n) is 8.51. The van der Waals surface area contributed by atoms with Gasteiger partial charge in [-0.2, -0.15) is 5.10 Å². The van der Waals surface area contributed by atoms with E-state index in [1.165, 1.54) is 9.25 Å². The first-order valence-corrected chi connectivity index (χ1v) is 11.3. The van der Waals surface area contributed by atoms with Crippen LogP contribution in [0.4, 0.5) is 4.39 Å². The molecular formula is C24H22Cl2FN5O3. The average Bonchev–Trinajstić information content (AvgIpc) is 3.28. The molecule has 0 radical (unpaired) electrons. The van der Waals surface area contributed by atoms with Gasteiger partial charge in [0.25, 0.3) is 5.56 Å². The van der Waals surface area contributed by atoms with Crippen LogP contribution in [0.3, 0.4) is 0 Å². The topological polar surface area (TPSA) is 95.1 Å². The number of aryl methyl sites for hydroxylation is 2. The number of hydrogen-bond acceptors (Lipinski definition) is 6. The van der Waals surface area contributed by atoms with Gasteiger partial charge in [-0.15, -0.1) is 0 Å². The highest BCUT2D eigenvalue weighted by molar-refractivity contribution is 6.32. The van der Waals surface area contributed by atoms with E-state index in [-0.39, 0.29) is 22.4 Å². The van der Waals surface area contributed by atoms with Gasteiger partial charge in [0.15, 0.2) is 5.82 Å². The van der Waals surface area contributed by atoms with Crippen molar-refractivity contribution in [2.24, 2.45) is 0 Å². The fraction of sp³-hybridized carbons (Fsp3) is 0.250. The van der Waals surface area contributed by atoms with Crippen molar-refractivity contribution in [2.75, 3.05) is 0 Å². The molecule has 0 saturated carbocycles. The number of hydrogen-bond donors (Lipinski definition) is 1. The lowest BCUT2D eigenvalue weighted by Gasteiger charge is -2.17. The fourth-order valence-corrected chi connectivity index (χ4v) is 3.83. The summed E-state index contributed by atoms with van der Waals surface area (Å²) in [5.74, 6) is 0.0519. The lowest BCUT2D eigenvalue weighted by Crippen LogP contribution is -2.23. The van der Waals surface area contributed by atoms with Crippen molar-refractivity contribution in [1.29, 1.82) is 0 Å². The monoisotopic (exact) mass is 517 g/mol. The Bertz CT molecular complexity index is 1480. The van der Waals surface area contributed by atoms with Gasteiger partial charge >= 0.3 is 0 Å². The Balaban J connectivity index is 1.70. The number of aromatic nitrogens is 5. The molecule has 0 saturated heterocycles. The third kappa shape index (κ3) is 5.07. The Morgan fingerprint density at radius 3 is 2.54 bits per heavy atom. The molecule has 0 aliphatic carbocycles. The van der Waals surface area contributed by atoms with E-state index in [0.29, 0.717) is 28.6 Å². The highest BCUT2D eigenvalue weighted by Crippen LogP contribution is 2.27. The van der Waals surface area contributed by atoms with E-state index in [2.05, 4.69) is 15.1 Å². The van der Waals surface area contributed by atoms with E-state index in [0.717, 1.165) is 17.8 Å². The minimum atomic E-state index is -1.11. The Hall–Kier alpha value is -3.27. The molecule has 11 heteroatoms. The summed E-state index contributed by atoms with van der Waals surface area (Å²) in [5, 5.41) is 14.6. The number of nitrogens with zero attached hydrogens (tertiary/aromatic N) is 5. The average molecular weight is 518 g/mol. The molecule has 0 aliphatic rings. The molecule has 0 fully saturated rings. The summed E-state index contributed by atoms with van der Waals surface area (Å²) in [6.07, 6.45) is 4.34. The van der Waals surface area contributed by atoms with E-state index >= 15 is 0 Å². The lowest BCUT2D eigenvalue weighted by atomic mass is 10.1. The molecule has 4 aromatic rings. The molecule has 1 N–H and O–H groups in total. The van der Waals surface area contributed by atoms with Crippen LogP contribution >= 0.6 is 23.2 Å². The van der Waals surface area contributed by atoms with Crippen LogP contribution in [0.5, 0.6) is 5.75 Å². The number of rotatable bonds is 6. The zero-order valence-corrected chi connectivity index (χ0v) is 20.9. The second-order valence-corrected chi connectivity index (χ2v) is 9.29. The molecule has 0 aromatic carbocycles. The summed E-state index contributed by atoms with van der Waals surface area (Å²) >= 11 is 12.4.